The van der Waals surface area contributed by atoms with Crippen LogP contribution in [0.1, 0.15) is 30.4 Å². The fourth-order valence-electron chi connectivity index (χ4n) is 4.44. The Balaban J connectivity index is 1.70. The number of hydrogen-bond acceptors (Lipinski definition) is 5. The average Bonchev–Trinajstić information content (AvgIpc) is 2.78. The largest absolute Gasteiger partial charge is 0.358 e. The van der Waals surface area contributed by atoms with Crippen LogP contribution in [0, 0.1) is 13.8 Å². The summed E-state index contributed by atoms with van der Waals surface area (Å²) in [5.74, 6) is -0.500. The molecule has 0 aliphatic carbocycles. The first-order valence-electron chi connectivity index (χ1n) is 11.1. The molecule has 4 rings (SSSR count). The number of sulfonamides is 1. The number of piperidine rings is 1. The Morgan fingerprint density at radius 1 is 1.06 bits per heavy atom. The lowest BCUT2D eigenvalue weighted by molar-refractivity contribution is -0.123. The molecular weight excluding hydrogens is 440 g/mol. The third-order valence-corrected chi connectivity index (χ3v) is 8.28. The summed E-state index contributed by atoms with van der Waals surface area (Å²) >= 11 is 0. The maximum Gasteiger partial charge on any atom is 0.250 e. The summed E-state index contributed by atoms with van der Waals surface area (Å²) in [6, 6.07) is 10.2. The molecule has 33 heavy (non-hydrogen) atoms. The first-order chi connectivity index (χ1) is 15.6. The zero-order chi connectivity index (χ0) is 23.9. The smallest absolute Gasteiger partial charge is 0.250 e. The highest BCUT2D eigenvalue weighted by Gasteiger charge is 2.40. The van der Waals surface area contributed by atoms with Crippen LogP contribution in [0.4, 0.5) is 17.1 Å². The molecular formula is C24H30N4O4S. The van der Waals surface area contributed by atoms with Crippen molar-refractivity contribution in [1.29, 1.82) is 0 Å². The van der Waals surface area contributed by atoms with Gasteiger partial charge in [0, 0.05) is 26.3 Å². The first-order valence-corrected chi connectivity index (χ1v) is 12.6. The van der Waals surface area contributed by atoms with Crippen LogP contribution in [0.5, 0.6) is 0 Å². The maximum absolute atomic E-state index is 13.4. The predicted molar refractivity (Wildman–Crippen MR) is 129 cm³/mol. The third-order valence-electron chi connectivity index (χ3n) is 6.47. The molecule has 2 aromatic carbocycles. The zero-order valence-corrected chi connectivity index (χ0v) is 20.3. The van der Waals surface area contributed by atoms with Crippen molar-refractivity contribution in [1.82, 2.24) is 4.31 Å². The van der Waals surface area contributed by atoms with Gasteiger partial charge in [0.1, 0.15) is 12.6 Å². The number of hydrogen-bond donors (Lipinski definition) is 1. The fourth-order valence-corrected chi connectivity index (χ4v) is 5.36. The lowest BCUT2D eigenvalue weighted by atomic mass is 9.96. The van der Waals surface area contributed by atoms with Crippen molar-refractivity contribution in [3.8, 4) is 0 Å². The van der Waals surface area contributed by atoms with E-state index in [1.54, 1.807) is 12.1 Å². The van der Waals surface area contributed by atoms with Crippen LogP contribution in [0.15, 0.2) is 41.3 Å². The van der Waals surface area contributed by atoms with E-state index in [1.807, 2.05) is 36.9 Å². The van der Waals surface area contributed by atoms with Gasteiger partial charge in [-0.2, -0.15) is 0 Å². The Hall–Kier alpha value is -2.91. The Bertz CT molecular complexity index is 1210. The molecule has 1 saturated heterocycles. The fraction of sp³-hybridized carbons (Fsp3) is 0.417. The molecule has 0 spiro atoms. The molecule has 1 fully saturated rings. The van der Waals surface area contributed by atoms with Gasteiger partial charge in [0.05, 0.1) is 16.3 Å². The molecule has 2 aliphatic heterocycles. The van der Waals surface area contributed by atoms with Gasteiger partial charge >= 0.3 is 0 Å². The van der Waals surface area contributed by atoms with E-state index in [1.165, 1.54) is 25.1 Å². The number of amides is 2. The topological polar surface area (TPSA) is 90.0 Å². The molecule has 1 atom stereocenters. The monoisotopic (exact) mass is 470 g/mol. The second kappa shape index (κ2) is 8.79. The van der Waals surface area contributed by atoms with Crippen LogP contribution < -0.4 is 15.1 Å². The van der Waals surface area contributed by atoms with Crippen molar-refractivity contribution < 1.29 is 18.0 Å². The second-order valence-electron chi connectivity index (χ2n) is 8.91. The summed E-state index contributed by atoms with van der Waals surface area (Å²) in [6.45, 7) is 4.51. The van der Waals surface area contributed by atoms with Crippen LogP contribution >= 0.6 is 0 Å². The Kier molecular flexibility index (Phi) is 6.20. The summed E-state index contributed by atoms with van der Waals surface area (Å²) in [5.41, 5.74) is 4.09. The SMILES string of the molecule is Cc1ccc(NC(=O)CN2C(=O)[C@H]3CCCCN3c3ccc(S(=O)(=O)N(C)C)cc32)cc1C. The van der Waals surface area contributed by atoms with Gasteiger partial charge in [0.25, 0.3) is 0 Å². The van der Waals surface area contributed by atoms with Crippen LogP contribution in [-0.2, 0) is 19.6 Å². The van der Waals surface area contributed by atoms with Crippen molar-refractivity contribution in [2.24, 2.45) is 0 Å². The molecule has 0 unspecified atom stereocenters. The van der Waals surface area contributed by atoms with E-state index in [0.29, 0.717) is 17.8 Å². The first kappa shape index (κ1) is 23.3. The molecule has 1 N–H and O–H groups in total. The Morgan fingerprint density at radius 2 is 1.82 bits per heavy atom. The summed E-state index contributed by atoms with van der Waals surface area (Å²) in [6.07, 6.45) is 2.62. The average molecular weight is 471 g/mol. The van der Waals surface area contributed by atoms with Crippen LogP contribution in [0.2, 0.25) is 0 Å². The number of rotatable bonds is 5. The number of nitrogens with one attached hydrogen (secondary N) is 1. The van der Waals surface area contributed by atoms with E-state index >= 15 is 0 Å². The van der Waals surface area contributed by atoms with Crippen LogP contribution in [0.25, 0.3) is 0 Å². The number of carbonyl (C=O) groups is 2. The van der Waals surface area contributed by atoms with Gasteiger partial charge in [0.2, 0.25) is 21.8 Å². The van der Waals surface area contributed by atoms with Crippen LogP contribution in [0.3, 0.4) is 0 Å². The Morgan fingerprint density at radius 3 is 2.52 bits per heavy atom. The third kappa shape index (κ3) is 4.35. The van der Waals surface area contributed by atoms with E-state index in [4.69, 9.17) is 0 Å². The molecule has 0 aromatic heterocycles. The van der Waals surface area contributed by atoms with Crippen molar-refractivity contribution >= 4 is 38.9 Å². The molecule has 0 radical (unpaired) electrons. The summed E-state index contributed by atoms with van der Waals surface area (Å²) in [7, 11) is -0.755. The number of fused-ring (bicyclic) bond motifs is 3. The zero-order valence-electron chi connectivity index (χ0n) is 19.5. The van der Waals surface area contributed by atoms with Gasteiger partial charge in [-0.15, -0.1) is 0 Å². The van der Waals surface area contributed by atoms with Crippen LogP contribution in [-0.4, -0.2) is 57.8 Å². The number of anilines is 3. The summed E-state index contributed by atoms with van der Waals surface area (Å²) < 4.78 is 26.6. The van der Waals surface area contributed by atoms with Crippen molar-refractivity contribution in [2.75, 3.05) is 42.3 Å². The van der Waals surface area contributed by atoms with Gasteiger partial charge in [-0.25, -0.2) is 12.7 Å². The summed E-state index contributed by atoms with van der Waals surface area (Å²) in [4.78, 5) is 30.0. The van der Waals surface area contributed by atoms with E-state index in [9.17, 15) is 18.0 Å². The molecule has 0 saturated carbocycles. The molecule has 2 amide bonds. The standard InChI is InChI=1S/C24H30N4O4S/c1-16-8-9-18(13-17(16)2)25-23(29)15-28-22-14-19(33(31,32)26(3)4)10-11-20(22)27-12-6-5-7-21(27)24(28)30/h8-11,13-14,21H,5-7,12,15H2,1-4H3,(H,25,29)/t21-/m1/s1. The van der Waals surface area contributed by atoms with Crippen molar-refractivity contribution in [2.45, 2.75) is 44.0 Å². The second-order valence-corrected chi connectivity index (χ2v) is 11.1. The van der Waals surface area contributed by atoms with Gasteiger partial charge in [-0.05, 0) is 74.6 Å². The van der Waals surface area contributed by atoms with E-state index in [-0.39, 0.29) is 29.3 Å². The number of nitrogens with zero attached hydrogens (tertiary/aromatic N) is 3. The molecule has 2 heterocycles. The van der Waals surface area contributed by atoms with Crippen molar-refractivity contribution in [3.05, 3.63) is 47.5 Å². The Labute approximate surface area is 195 Å². The highest BCUT2D eigenvalue weighted by Crippen LogP contribution is 2.40. The lowest BCUT2D eigenvalue weighted by Crippen LogP contribution is -2.56. The highest BCUT2D eigenvalue weighted by molar-refractivity contribution is 7.89. The molecule has 2 aliphatic rings. The van der Waals surface area contributed by atoms with Gasteiger partial charge in [-0.1, -0.05) is 6.07 Å². The molecule has 2 aromatic rings. The van der Waals surface area contributed by atoms with Gasteiger partial charge in [-0.3, -0.25) is 14.5 Å². The van der Waals surface area contributed by atoms with E-state index in [0.717, 1.165) is 40.5 Å². The summed E-state index contributed by atoms with van der Waals surface area (Å²) in [5, 5.41) is 2.87. The molecule has 176 valence electrons. The normalized spacial score (nSPS) is 18.2. The van der Waals surface area contributed by atoms with E-state index < -0.39 is 10.0 Å². The van der Waals surface area contributed by atoms with E-state index in [2.05, 4.69) is 5.32 Å². The molecule has 0 bridgehead atoms. The quantitative estimate of drug-likeness (QED) is 0.726. The molecule has 9 heteroatoms. The minimum absolute atomic E-state index is 0.0917. The number of benzene rings is 2. The predicted octanol–water partition coefficient (Wildman–Crippen LogP) is 2.90. The molecule has 8 nitrogen and oxygen atoms in total. The minimum Gasteiger partial charge on any atom is -0.358 e. The number of aryl methyl sites for hydroxylation is 2. The lowest BCUT2D eigenvalue weighted by Gasteiger charge is -2.45. The number of carbonyl (C=O) groups excluding carboxylic acids is 2. The van der Waals surface area contributed by atoms with Gasteiger partial charge in [0.15, 0.2) is 0 Å². The highest BCUT2D eigenvalue weighted by atomic mass is 32.2. The minimum atomic E-state index is -3.69. The van der Waals surface area contributed by atoms with Gasteiger partial charge < -0.3 is 10.2 Å². The van der Waals surface area contributed by atoms with Crippen molar-refractivity contribution in [3.63, 3.8) is 0 Å². The maximum atomic E-state index is 13.4.